The van der Waals surface area contributed by atoms with Crippen LogP contribution in [0.3, 0.4) is 0 Å². The molecule has 0 aliphatic heterocycles. The molecule has 218 valence electrons. The van der Waals surface area contributed by atoms with Crippen LogP contribution in [0.5, 0.6) is 0 Å². The van der Waals surface area contributed by atoms with Crippen LogP contribution >= 0.6 is 0 Å². The van der Waals surface area contributed by atoms with Crippen molar-refractivity contribution in [3.05, 3.63) is 60.2 Å². The van der Waals surface area contributed by atoms with E-state index in [0.29, 0.717) is 5.69 Å². The van der Waals surface area contributed by atoms with Crippen molar-refractivity contribution in [2.24, 2.45) is 0 Å². The lowest BCUT2D eigenvalue weighted by Gasteiger charge is -2.61. The van der Waals surface area contributed by atoms with E-state index in [9.17, 15) is 10.2 Å². The number of unbranched alkanes of at least 4 members (excludes halogenated alkanes) is 4. The first-order valence-electron chi connectivity index (χ1n) is 15.7. The van der Waals surface area contributed by atoms with E-state index in [2.05, 4.69) is 54.6 Å². The number of anilines is 2. The SMILES string of the molecule is CCCCN(CCCC)c1ccc(C2C([O-])C(c3ncc(N(CCCC)CCCC)c4ccncc34)C2[O-])cc1. The predicted molar refractivity (Wildman–Crippen MR) is 163 cm³/mol. The summed E-state index contributed by atoms with van der Waals surface area (Å²) in [4.78, 5) is 14.0. The van der Waals surface area contributed by atoms with Gasteiger partial charge in [0.25, 0.3) is 0 Å². The van der Waals surface area contributed by atoms with Crippen LogP contribution in [0.15, 0.2) is 48.9 Å². The number of fused-ring (bicyclic) bond motifs is 1. The quantitative estimate of drug-likeness (QED) is 0.227. The van der Waals surface area contributed by atoms with E-state index in [1.165, 1.54) is 5.69 Å². The van der Waals surface area contributed by atoms with E-state index >= 15 is 0 Å². The molecule has 0 radical (unpaired) electrons. The molecule has 0 amide bonds. The molecule has 4 rings (SSSR count). The van der Waals surface area contributed by atoms with Gasteiger partial charge in [-0.3, -0.25) is 9.97 Å². The van der Waals surface area contributed by atoms with E-state index in [0.717, 1.165) is 99.6 Å². The lowest BCUT2D eigenvalue weighted by Crippen LogP contribution is -2.63. The van der Waals surface area contributed by atoms with Crippen LogP contribution < -0.4 is 20.0 Å². The highest BCUT2D eigenvalue weighted by Crippen LogP contribution is 2.47. The smallest absolute Gasteiger partial charge is 0.0633 e. The van der Waals surface area contributed by atoms with Crippen LogP contribution in [-0.2, 0) is 0 Å². The van der Waals surface area contributed by atoms with E-state index < -0.39 is 24.0 Å². The molecule has 2 atom stereocenters. The summed E-state index contributed by atoms with van der Waals surface area (Å²) in [6, 6.07) is 10.2. The van der Waals surface area contributed by atoms with Crippen molar-refractivity contribution in [1.82, 2.24) is 9.97 Å². The van der Waals surface area contributed by atoms with Crippen LogP contribution in [0.2, 0.25) is 0 Å². The van der Waals surface area contributed by atoms with Gasteiger partial charge in [-0.05, 0) is 61.3 Å². The summed E-state index contributed by atoms with van der Waals surface area (Å²) in [5.74, 6) is -1.20. The predicted octanol–water partition coefficient (Wildman–Crippen LogP) is 5.78. The Morgan fingerprint density at radius 1 is 0.650 bits per heavy atom. The van der Waals surface area contributed by atoms with Gasteiger partial charge in [-0.25, -0.2) is 0 Å². The summed E-state index contributed by atoms with van der Waals surface area (Å²) in [6.07, 6.45) is 12.6. The Morgan fingerprint density at radius 2 is 1.20 bits per heavy atom. The molecule has 6 heteroatoms. The zero-order chi connectivity index (χ0) is 28.5. The van der Waals surface area contributed by atoms with Gasteiger partial charge in [-0.1, -0.05) is 65.5 Å². The molecular formula is C34H48N4O2-2. The number of nitrogens with zero attached hydrogens (tertiary/aromatic N) is 4. The number of rotatable bonds is 16. The third kappa shape index (κ3) is 6.60. The molecule has 0 spiro atoms. The number of hydrogen-bond donors (Lipinski definition) is 0. The molecule has 1 aliphatic carbocycles. The van der Waals surface area contributed by atoms with Gasteiger partial charge < -0.3 is 20.0 Å². The third-order valence-corrected chi connectivity index (χ3v) is 8.54. The molecule has 1 fully saturated rings. The van der Waals surface area contributed by atoms with Crippen molar-refractivity contribution in [3.8, 4) is 0 Å². The number of aromatic nitrogens is 2. The van der Waals surface area contributed by atoms with Crippen molar-refractivity contribution in [3.63, 3.8) is 0 Å². The zero-order valence-electron chi connectivity index (χ0n) is 25.0. The maximum Gasteiger partial charge on any atom is 0.0633 e. The molecule has 40 heavy (non-hydrogen) atoms. The maximum absolute atomic E-state index is 13.6. The maximum atomic E-state index is 13.6. The Hall–Kier alpha value is -2.70. The van der Waals surface area contributed by atoms with Crippen molar-refractivity contribution < 1.29 is 10.2 Å². The minimum absolute atomic E-state index is 0.544. The van der Waals surface area contributed by atoms with Crippen molar-refractivity contribution in [1.29, 1.82) is 0 Å². The molecule has 2 heterocycles. The molecule has 6 nitrogen and oxygen atoms in total. The van der Waals surface area contributed by atoms with E-state index in [-0.39, 0.29) is 0 Å². The lowest BCUT2D eigenvalue weighted by molar-refractivity contribution is -0.536. The zero-order valence-corrected chi connectivity index (χ0v) is 25.0. The first kappa shape index (κ1) is 30.3. The highest BCUT2D eigenvalue weighted by molar-refractivity contribution is 5.95. The summed E-state index contributed by atoms with van der Waals surface area (Å²) < 4.78 is 0. The summed E-state index contributed by atoms with van der Waals surface area (Å²) in [6.45, 7) is 12.9. The van der Waals surface area contributed by atoms with Gasteiger partial charge in [0.1, 0.15) is 0 Å². The average molecular weight is 545 g/mol. The second kappa shape index (κ2) is 14.8. The fourth-order valence-electron chi connectivity index (χ4n) is 6.00. The second-order valence-electron chi connectivity index (χ2n) is 11.4. The fraction of sp³-hybridized carbons (Fsp3) is 0.588. The fourth-order valence-corrected chi connectivity index (χ4v) is 6.00. The minimum Gasteiger partial charge on any atom is -0.851 e. The van der Waals surface area contributed by atoms with E-state index in [1.54, 1.807) is 12.4 Å². The van der Waals surface area contributed by atoms with Gasteiger partial charge in [0.15, 0.2) is 0 Å². The summed E-state index contributed by atoms with van der Waals surface area (Å²) in [7, 11) is 0. The van der Waals surface area contributed by atoms with Gasteiger partial charge in [0.2, 0.25) is 0 Å². The molecule has 1 saturated carbocycles. The molecule has 0 N–H and O–H groups in total. The van der Waals surface area contributed by atoms with Gasteiger partial charge in [-0.15, -0.1) is 12.2 Å². The van der Waals surface area contributed by atoms with Crippen LogP contribution in [0.4, 0.5) is 11.4 Å². The largest absolute Gasteiger partial charge is 0.851 e. The molecule has 3 aromatic rings. The lowest BCUT2D eigenvalue weighted by atomic mass is 9.64. The normalized spacial score (nSPS) is 20.4. The Kier molecular flexibility index (Phi) is 11.2. The van der Waals surface area contributed by atoms with Crippen molar-refractivity contribution >= 4 is 22.1 Å². The van der Waals surface area contributed by atoms with E-state index in [4.69, 9.17) is 4.98 Å². The van der Waals surface area contributed by atoms with Crippen LogP contribution in [-0.4, -0.2) is 48.4 Å². The number of pyridine rings is 2. The standard InChI is InChI=1S/C34H48N4O2/c1-5-9-19-37(20-10-6-2)26-15-13-25(14-16-26)30-33(39)31(34(30)40)32-28-23-35-18-17-27(28)29(24-36-32)38(21-11-7-3)22-12-8-4/h13-18,23-24,30-31,33-34H,5-12,19-22H2,1-4H3/q-2. The highest BCUT2D eigenvalue weighted by atomic mass is 16.3. The molecule has 1 aromatic carbocycles. The Balaban J connectivity index is 1.56. The van der Waals surface area contributed by atoms with Gasteiger partial charge >= 0.3 is 0 Å². The first-order valence-corrected chi connectivity index (χ1v) is 15.7. The first-order chi connectivity index (χ1) is 19.5. The summed E-state index contributed by atoms with van der Waals surface area (Å²) in [5.41, 5.74) is 3.73. The average Bonchev–Trinajstić information content (AvgIpc) is 2.98. The van der Waals surface area contributed by atoms with Gasteiger partial charge in [0, 0.05) is 55.0 Å². The van der Waals surface area contributed by atoms with Crippen LogP contribution in [0.25, 0.3) is 10.8 Å². The highest BCUT2D eigenvalue weighted by Gasteiger charge is 2.40. The topological polar surface area (TPSA) is 78.4 Å². The Labute approximate surface area is 241 Å². The molecule has 2 aromatic heterocycles. The van der Waals surface area contributed by atoms with Crippen LogP contribution in [0.1, 0.15) is 102 Å². The molecule has 0 saturated heterocycles. The van der Waals surface area contributed by atoms with Crippen molar-refractivity contribution in [2.45, 2.75) is 103 Å². The molecule has 2 unspecified atom stereocenters. The molecule has 1 aliphatic rings. The number of benzene rings is 1. The Morgan fingerprint density at radius 3 is 1.75 bits per heavy atom. The van der Waals surface area contributed by atoms with Crippen molar-refractivity contribution in [2.75, 3.05) is 36.0 Å². The van der Waals surface area contributed by atoms with E-state index in [1.807, 2.05) is 24.4 Å². The number of hydrogen-bond acceptors (Lipinski definition) is 6. The van der Waals surface area contributed by atoms with Gasteiger partial charge in [0.05, 0.1) is 17.6 Å². The third-order valence-electron chi connectivity index (χ3n) is 8.54. The van der Waals surface area contributed by atoms with Gasteiger partial charge in [-0.2, -0.15) is 0 Å². The summed E-state index contributed by atoms with van der Waals surface area (Å²) in [5, 5.41) is 29.1. The van der Waals surface area contributed by atoms with Crippen LogP contribution in [0, 0.1) is 0 Å². The Bertz CT molecular complexity index is 1160. The monoisotopic (exact) mass is 544 g/mol. The summed E-state index contributed by atoms with van der Waals surface area (Å²) >= 11 is 0. The minimum atomic E-state index is -1.01. The molecule has 0 bridgehead atoms. The second-order valence-corrected chi connectivity index (χ2v) is 11.4. The molecular weight excluding hydrogens is 496 g/mol.